The van der Waals surface area contributed by atoms with Crippen molar-refractivity contribution in [2.24, 2.45) is 0 Å². The van der Waals surface area contributed by atoms with Gasteiger partial charge in [0, 0.05) is 13.6 Å². The van der Waals surface area contributed by atoms with Crippen molar-refractivity contribution in [1.82, 2.24) is 4.90 Å². The number of benzene rings is 2. The summed E-state index contributed by atoms with van der Waals surface area (Å²) in [5.41, 5.74) is 0.976. The van der Waals surface area contributed by atoms with Crippen molar-refractivity contribution in [2.45, 2.75) is 50.7 Å². The van der Waals surface area contributed by atoms with Gasteiger partial charge in [-0.05, 0) is 43.0 Å². The van der Waals surface area contributed by atoms with Crippen molar-refractivity contribution in [3.05, 3.63) is 71.5 Å². The van der Waals surface area contributed by atoms with Gasteiger partial charge in [0.05, 0.1) is 5.41 Å². The summed E-state index contributed by atoms with van der Waals surface area (Å²) in [5.74, 6) is -0.980. The maximum absolute atomic E-state index is 13.3. The predicted molar refractivity (Wildman–Crippen MR) is 105 cm³/mol. The Hall–Kier alpha value is -2.69. The zero-order valence-corrected chi connectivity index (χ0v) is 16.4. The van der Waals surface area contributed by atoms with Gasteiger partial charge >= 0.3 is 5.97 Å². The number of ether oxygens (including phenoxy) is 1. The first-order chi connectivity index (χ1) is 13.4. The van der Waals surface area contributed by atoms with Crippen molar-refractivity contribution in [1.29, 1.82) is 0 Å². The predicted octanol–water partition coefficient (Wildman–Crippen LogP) is 4.23. The van der Waals surface area contributed by atoms with Gasteiger partial charge in [0.1, 0.15) is 5.82 Å². The number of rotatable bonds is 6. The summed E-state index contributed by atoms with van der Waals surface area (Å²) >= 11 is 0. The van der Waals surface area contributed by atoms with Crippen LogP contribution in [0.3, 0.4) is 0 Å². The van der Waals surface area contributed by atoms with Gasteiger partial charge in [-0.25, -0.2) is 4.39 Å². The highest BCUT2D eigenvalue weighted by Crippen LogP contribution is 2.42. The van der Waals surface area contributed by atoms with Gasteiger partial charge in [0.25, 0.3) is 5.91 Å². The Morgan fingerprint density at radius 1 is 1.07 bits per heavy atom. The molecule has 0 radical (unpaired) electrons. The van der Waals surface area contributed by atoms with E-state index in [4.69, 9.17) is 4.74 Å². The van der Waals surface area contributed by atoms with E-state index in [0.717, 1.165) is 24.0 Å². The lowest BCUT2D eigenvalue weighted by atomic mass is 9.79. The fourth-order valence-corrected chi connectivity index (χ4v) is 3.93. The topological polar surface area (TPSA) is 46.6 Å². The van der Waals surface area contributed by atoms with Crippen LogP contribution >= 0.6 is 0 Å². The molecule has 0 bridgehead atoms. The highest BCUT2D eigenvalue weighted by molar-refractivity contribution is 5.88. The summed E-state index contributed by atoms with van der Waals surface area (Å²) < 4.78 is 18.9. The minimum Gasteiger partial charge on any atom is -0.452 e. The normalized spacial score (nSPS) is 16.4. The molecule has 1 aliphatic rings. The molecule has 4 nitrogen and oxygen atoms in total. The molecule has 2 aromatic carbocycles. The SMILES string of the molecule is C[C@H](OC(=O)C1(c2ccc(F)cc2)CCCC1)C(=O)N(C)Cc1ccccc1. The van der Waals surface area contributed by atoms with Crippen LogP contribution in [0.1, 0.15) is 43.7 Å². The third-order valence-corrected chi connectivity index (χ3v) is 5.52. The van der Waals surface area contributed by atoms with E-state index < -0.39 is 17.5 Å². The molecule has 3 rings (SSSR count). The molecule has 28 heavy (non-hydrogen) atoms. The van der Waals surface area contributed by atoms with Crippen LogP contribution in [0.2, 0.25) is 0 Å². The van der Waals surface area contributed by atoms with Gasteiger partial charge in [-0.1, -0.05) is 55.3 Å². The number of amides is 1. The molecule has 0 saturated heterocycles. The summed E-state index contributed by atoms with van der Waals surface area (Å²) in [6.45, 7) is 2.06. The summed E-state index contributed by atoms with van der Waals surface area (Å²) in [5, 5.41) is 0. The molecule has 148 valence electrons. The largest absolute Gasteiger partial charge is 0.452 e. The highest BCUT2D eigenvalue weighted by Gasteiger charge is 2.45. The molecular formula is C23H26FNO3. The summed E-state index contributed by atoms with van der Waals surface area (Å²) in [6, 6.07) is 15.7. The molecule has 1 fully saturated rings. The number of carbonyl (C=O) groups excluding carboxylic acids is 2. The lowest BCUT2D eigenvalue weighted by Gasteiger charge is -2.30. The van der Waals surface area contributed by atoms with Crippen molar-refractivity contribution < 1.29 is 18.7 Å². The number of esters is 1. The molecule has 0 spiro atoms. The maximum Gasteiger partial charge on any atom is 0.317 e. The van der Waals surface area contributed by atoms with Crippen LogP contribution in [0, 0.1) is 5.82 Å². The Bertz CT molecular complexity index is 814. The number of nitrogens with zero attached hydrogens (tertiary/aromatic N) is 1. The van der Waals surface area contributed by atoms with E-state index in [2.05, 4.69) is 0 Å². The lowest BCUT2D eigenvalue weighted by Crippen LogP contribution is -2.42. The van der Waals surface area contributed by atoms with Crippen LogP contribution in [-0.4, -0.2) is 29.9 Å². The molecule has 0 heterocycles. The Labute approximate surface area is 165 Å². The quantitative estimate of drug-likeness (QED) is 0.702. The standard InChI is InChI=1S/C23H26FNO3/c1-17(21(26)25(2)16-18-8-4-3-5-9-18)28-22(27)23(14-6-7-15-23)19-10-12-20(24)13-11-19/h3-5,8-13,17H,6-7,14-16H2,1-2H3/t17-/m0/s1. The van der Waals surface area contributed by atoms with Crippen LogP contribution in [0.5, 0.6) is 0 Å². The molecule has 0 unspecified atom stereocenters. The number of hydrogen-bond acceptors (Lipinski definition) is 3. The molecule has 2 aromatic rings. The number of carbonyl (C=O) groups is 2. The van der Waals surface area contributed by atoms with Crippen molar-refractivity contribution >= 4 is 11.9 Å². The monoisotopic (exact) mass is 383 g/mol. The fourth-order valence-electron chi connectivity index (χ4n) is 3.93. The molecular weight excluding hydrogens is 357 g/mol. The van der Waals surface area contributed by atoms with E-state index in [9.17, 15) is 14.0 Å². The first-order valence-corrected chi connectivity index (χ1v) is 9.68. The first-order valence-electron chi connectivity index (χ1n) is 9.68. The summed E-state index contributed by atoms with van der Waals surface area (Å²) in [4.78, 5) is 27.3. The molecule has 5 heteroatoms. The van der Waals surface area contributed by atoms with E-state index in [1.165, 1.54) is 12.1 Å². The third kappa shape index (κ3) is 4.24. The van der Waals surface area contributed by atoms with Gasteiger partial charge in [-0.15, -0.1) is 0 Å². The van der Waals surface area contributed by atoms with E-state index in [1.54, 1.807) is 31.0 Å². The summed E-state index contributed by atoms with van der Waals surface area (Å²) in [6.07, 6.45) is 2.24. The van der Waals surface area contributed by atoms with E-state index in [-0.39, 0.29) is 11.7 Å². The zero-order valence-electron chi connectivity index (χ0n) is 16.4. The van der Waals surface area contributed by atoms with Crippen LogP contribution in [0.15, 0.2) is 54.6 Å². The molecule has 0 aliphatic heterocycles. The second kappa shape index (κ2) is 8.55. The first kappa shape index (κ1) is 20.1. The minimum absolute atomic E-state index is 0.246. The number of likely N-dealkylation sites (N-methyl/N-ethyl adjacent to an activating group) is 1. The van der Waals surface area contributed by atoms with Crippen molar-refractivity contribution in [3.8, 4) is 0 Å². The van der Waals surface area contributed by atoms with Crippen molar-refractivity contribution in [3.63, 3.8) is 0 Å². The van der Waals surface area contributed by atoms with Gasteiger partial charge in [0.2, 0.25) is 0 Å². The van der Waals surface area contributed by atoms with Gasteiger partial charge in [-0.3, -0.25) is 9.59 Å². The van der Waals surface area contributed by atoms with Crippen LogP contribution in [0.4, 0.5) is 4.39 Å². The average Bonchev–Trinajstić information content (AvgIpc) is 3.20. The Kier molecular flexibility index (Phi) is 6.12. The highest BCUT2D eigenvalue weighted by atomic mass is 19.1. The fraction of sp³-hybridized carbons (Fsp3) is 0.391. The molecule has 1 saturated carbocycles. The lowest BCUT2D eigenvalue weighted by molar-refractivity contribution is -0.163. The zero-order chi connectivity index (χ0) is 20.1. The molecule has 0 aromatic heterocycles. The van der Waals surface area contributed by atoms with E-state index in [0.29, 0.717) is 19.4 Å². The van der Waals surface area contributed by atoms with Crippen LogP contribution in [-0.2, 0) is 26.3 Å². The smallest absolute Gasteiger partial charge is 0.317 e. The maximum atomic E-state index is 13.3. The van der Waals surface area contributed by atoms with E-state index in [1.807, 2.05) is 30.3 Å². The van der Waals surface area contributed by atoms with Gasteiger partial charge in [0.15, 0.2) is 6.10 Å². The Morgan fingerprint density at radius 3 is 2.29 bits per heavy atom. The third-order valence-electron chi connectivity index (χ3n) is 5.52. The molecule has 1 atom stereocenters. The van der Waals surface area contributed by atoms with Gasteiger partial charge in [-0.2, -0.15) is 0 Å². The van der Waals surface area contributed by atoms with Gasteiger partial charge < -0.3 is 9.64 Å². The van der Waals surface area contributed by atoms with Crippen LogP contribution in [0.25, 0.3) is 0 Å². The molecule has 1 aliphatic carbocycles. The second-order valence-electron chi connectivity index (χ2n) is 7.52. The number of hydrogen-bond donors (Lipinski definition) is 0. The minimum atomic E-state index is -0.876. The van der Waals surface area contributed by atoms with Crippen molar-refractivity contribution in [2.75, 3.05) is 7.05 Å². The second-order valence-corrected chi connectivity index (χ2v) is 7.52. The average molecular weight is 383 g/mol. The molecule has 1 amide bonds. The Balaban J connectivity index is 1.69. The number of halogens is 1. The summed E-state index contributed by atoms with van der Waals surface area (Å²) in [7, 11) is 1.70. The van der Waals surface area contributed by atoms with E-state index >= 15 is 0 Å². The van der Waals surface area contributed by atoms with Crippen LogP contribution < -0.4 is 0 Å². The Morgan fingerprint density at radius 2 is 1.68 bits per heavy atom. The molecule has 0 N–H and O–H groups in total.